The number of nitrogens with one attached hydrogen (secondary N) is 1. The number of benzene rings is 1. The maximum Gasteiger partial charge on any atom is 0.240 e. The molecule has 0 amide bonds. The number of halogens is 1. The molecule has 0 saturated carbocycles. The van der Waals surface area contributed by atoms with Crippen LogP contribution in [0.1, 0.15) is 17.4 Å². The number of nitrogens with zero attached hydrogens (tertiary/aromatic N) is 1. The fourth-order valence-electron chi connectivity index (χ4n) is 2.11. The largest absolute Gasteiger partial charge is 0.386 e. The van der Waals surface area contributed by atoms with E-state index < -0.39 is 21.9 Å². The number of aliphatic hydroxyl groups excluding tert-OH is 1. The molecule has 2 N–H and O–H groups in total. The Bertz CT molecular complexity index is 740. The summed E-state index contributed by atoms with van der Waals surface area (Å²) in [5.41, 5.74) is 0.921. The lowest BCUT2D eigenvalue weighted by Crippen LogP contribution is -2.29. The minimum Gasteiger partial charge on any atom is -0.386 e. The van der Waals surface area contributed by atoms with Crippen LogP contribution in [0.25, 0.3) is 0 Å². The molecule has 1 atom stereocenters. The van der Waals surface area contributed by atoms with E-state index in [-0.39, 0.29) is 11.4 Å². The standard InChI is InChI=1S/C14H17FN2O3S/c1-10-8-11(15)5-6-14(10)21(19,20)16-9-13(18)12-4-3-7-17(12)2/h3-8,13,16,18H,9H2,1-2H3/t13-/m1/s1. The second-order valence-corrected chi connectivity index (χ2v) is 6.56. The molecule has 2 rings (SSSR count). The van der Waals surface area contributed by atoms with Gasteiger partial charge in [-0.1, -0.05) is 0 Å². The monoisotopic (exact) mass is 312 g/mol. The third-order valence-electron chi connectivity index (χ3n) is 3.22. The Balaban J connectivity index is 2.13. The summed E-state index contributed by atoms with van der Waals surface area (Å²) in [6, 6.07) is 6.93. The molecule has 1 aromatic carbocycles. The molecule has 0 saturated heterocycles. The Labute approximate surface area is 123 Å². The van der Waals surface area contributed by atoms with Crippen molar-refractivity contribution in [3.8, 4) is 0 Å². The minimum absolute atomic E-state index is 0.00276. The number of aliphatic hydroxyl groups is 1. The van der Waals surface area contributed by atoms with Crippen LogP contribution in [0.2, 0.25) is 0 Å². The first-order valence-electron chi connectivity index (χ1n) is 6.36. The lowest BCUT2D eigenvalue weighted by molar-refractivity contribution is 0.173. The highest BCUT2D eigenvalue weighted by Gasteiger charge is 2.19. The van der Waals surface area contributed by atoms with Crippen molar-refractivity contribution in [2.24, 2.45) is 7.05 Å². The first-order chi connectivity index (χ1) is 9.81. The third-order valence-corrected chi connectivity index (χ3v) is 4.80. The van der Waals surface area contributed by atoms with Gasteiger partial charge in [0.2, 0.25) is 10.0 Å². The van der Waals surface area contributed by atoms with Crippen molar-refractivity contribution in [3.05, 3.63) is 53.6 Å². The smallest absolute Gasteiger partial charge is 0.240 e. The number of hydrogen-bond acceptors (Lipinski definition) is 3. The molecule has 5 nitrogen and oxygen atoms in total. The van der Waals surface area contributed by atoms with Gasteiger partial charge >= 0.3 is 0 Å². The van der Waals surface area contributed by atoms with Crippen molar-refractivity contribution in [2.75, 3.05) is 6.54 Å². The summed E-state index contributed by atoms with van der Waals surface area (Å²) in [4.78, 5) is 0.00276. The van der Waals surface area contributed by atoms with Gasteiger partial charge in [-0.05, 0) is 42.8 Å². The highest BCUT2D eigenvalue weighted by atomic mass is 32.2. The van der Waals surface area contributed by atoms with E-state index in [1.54, 1.807) is 29.9 Å². The van der Waals surface area contributed by atoms with Crippen molar-refractivity contribution in [2.45, 2.75) is 17.9 Å². The summed E-state index contributed by atoms with van der Waals surface area (Å²) in [6.45, 7) is 1.36. The average Bonchev–Trinajstić information content (AvgIpc) is 2.82. The predicted molar refractivity (Wildman–Crippen MR) is 76.7 cm³/mol. The van der Waals surface area contributed by atoms with E-state index in [4.69, 9.17) is 0 Å². The van der Waals surface area contributed by atoms with Crippen molar-refractivity contribution in [1.82, 2.24) is 9.29 Å². The molecule has 1 aromatic heterocycles. The molecule has 0 radical (unpaired) electrons. The van der Waals surface area contributed by atoms with Gasteiger partial charge in [0, 0.05) is 25.5 Å². The topological polar surface area (TPSA) is 71.3 Å². The summed E-state index contributed by atoms with van der Waals surface area (Å²) in [6.07, 6.45) is 0.803. The van der Waals surface area contributed by atoms with Crippen LogP contribution in [0.15, 0.2) is 41.4 Å². The summed E-state index contributed by atoms with van der Waals surface area (Å²) in [5.74, 6) is -0.490. The molecule has 7 heteroatoms. The molecule has 0 fully saturated rings. The van der Waals surface area contributed by atoms with Crippen LogP contribution in [0.4, 0.5) is 4.39 Å². The van der Waals surface area contributed by atoms with Crippen LogP contribution in [0, 0.1) is 12.7 Å². The van der Waals surface area contributed by atoms with E-state index in [2.05, 4.69) is 4.72 Å². The number of aromatic nitrogens is 1. The van der Waals surface area contributed by atoms with Gasteiger partial charge in [0.25, 0.3) is 0 Å². The van der Waals surface area contributed by atoms with Crippen molar-refractivity contribution in [3.63, 3.8) is 0 Å². The van der Waals surface area contributed by atoms with Gasteiger partial charge in [0.05, 0.1) is 4.90 Å². The Kier molecular flexibility index (Phi) is 4.46. The van der Waals surface area contributed by atoms with Crippen LogP contribution in [-0.4, -0.2) is 24.6 Å². The molecule has 0 aliphatic carbocycles. The van der Waals surface area contributed by atoms with Gasteiger partial charge in [0.15, 0.2) is 0 Å². The van der Waals surface area contributed by atoms with E-state index in [0.29, 0.717) is 11.3 Å². The average molecular weight is 312 g/mol. The first-order valence-corrected chi connectivity index (χ1v) is 7.84. The molecule has 0 unspecified atom stereocenters. The zero-order valence-electron chi connectivity index (χ0n) is 11.7. The zero-order chi connectivity index (χ0) is 15.6. The second kappa shape index (κ2) is 5.97. The molecule has 0 bridgehead atoms. The van der Waals surface area contributed by atoms with Gasteiger partial charge in [-0.3, -0.25) is 0 Å². The molecule has 0 spiro atoms. The molecular formula is C14H17FN2O3S. The van der Waals surface area contributed by atoms with Gasteiger partial charge in [-0.2, -0.15) is 0 Å². The van der Waals surface area contributed by atoms with E-state index >= 15 is 0 Å². The Morgan fingerprint density at radius 3 is 2.67 bits per heavy atom. The summed E-state index contributed by atoms with van der Waals surface area (Å²) >= 11 is 0. The first kappa shape index (κ1) is 15.7. The molecule has 114 valence electrons. The van der Waals surface area contributed by atoms with Crippen LogP contribution in [-0.2, 0) is 17.1 Å². The Morgan fingerprint density at radius 2 is 2.10 bits per heavy atom. The van der Waals surface area contributed by atoms with Gasteiger partial charge in [-0.15, -0.1) is 0 Å². The van der Waals surface area contributed by atoms with Crippen molar-refractivity contribution in [1.29, 1.82) is 0 Å². The Hall–Kier alpha value is -1.70. The number of rotatable bonds is 5. The van der Waals surface area contributed by atoms with Crippen LogP contribution in [0.5, 0.6) is 0 Å². The molecule has 2 aromatic rings. The molecule has 0 aliphatic rings. The minimum atomic E-state index is -3.79. The van der Waals surface area contributed by atoms with E-state index in [0.717, 1.165) is 12.1 Å². The Morgan fingerprint density at radius 1 is 1.38 bits per heavy atom. The van der Waals surface area contributed by atoms with Crippen molar-refractivity contribution >= 4 is 10.0 Å². The number of sulfonamides is 1. The van der Waals surface area contributed by atoms with Gasteiger partial charge in [-0.25, -0.2) is 17.5 Å². The lowest BCUT2D eigenvalue weighted by Gasteiger charge is -2.14. The molecule has 0 aliphatic heterocycles. The number of hydrogen-bond donors (Lipinski definition) is 2. The van der Waals surface area contributed by atoms with Crippen LogP contribution >= 0.6 is 0 Å². The highest BCUT2D eigenvalue weighted by Crippen LogP contribution is 2.17. The summed E-state index contributed by atoms with van der Waals surface area (Å²) < 4.78 is 41.4. The number of aryl methyl sites for hydroxylation is 2. The third kappa shape index (κ3) is 3.49. The fraction of sp³-hybridized carbons (Fsp3) is 0.286. The van der Waals surface area contributed by atoms with E-state index in [1.165, 1.54) is 13.0 Å². The van der Waals surface area contributed by atoms with Crippen LogP contribution in [0.3, 0.4) is 0 Å². The fourth-order valence-corrected chi connectivity index (χ4v) is 3.37. The van der Waals surface area contributed by atoms with Gasteiger partial charge in [0.1, 0.15) is 11.9 Å². The van der Waals surface area contributed by atoms with E-state index in [1.807, 2.05) is 0 Å². The maximum atomic E-state index is 13.0. The zero-order valence-corrected chi connectivity index (χ0v) is 12.6. The molecule has 21 heavy (non-hydrogen) atoms. The second-order valence-electron chi connectivity index (χ2n) is 4.82. The normalized spacial score (nSPS) is 13.3. The predicted octanol–water partition coefficient (Wildman–Crippen LogP) is 1.48. The SMILES string of the molecule is Cc1cc(F)ccc1S(=O)(=O)NC[C@@H](O)c1cccn1C. The van der Waals surface area contributed by atoms with Crippen LogP contribution < -0.4 is 4.72 Å². The van der Waals surface area contributed by atoms with Crippen molar-refractivity contribution < 1.29 is 17.9 Å². The van der Waals surface area contributed by atoms with Gasteiger partial charge < -0.3 is 9.67 Å². The molecule has 1 heterocycles. The summed E-state index contributed by atoms with van der Waals surface area (Å²) in [5, 5.41) is 10.0. The molecular weight excluding hydrogens is 295 g/mol. The van der Waals surface area contributed by atoms with E-state index in [9.17, 15) is 17.9 Å². The summed E-state index contributed by atoms with van der Waals surface area (Å²) in [7, 11) is -2.03. The lowest BCUT2D eigenvalue weighted by atomic mass is 10.2. The highest BCUT2D eigenvalue weighted by molar-refractivity contribution is 7.89. The maximum absolute atomic E-state index is 13.0. The quantitative estimate of drug-likeness (QED) is 0.878.